The highest BCUT2D eigenvalue weighted by atomic mass is 31.2. The fourth-order valence-corrected chi connectivity index (χ4v) is 10.5. The van der Waals surface area contributed by atoms with Gasteiger partial charge in [-0.15, -0.1) is 0 Å². The summed E-state index contributed by atoms with van der Waals surface area (Å²) in [4.78, 5) is 37.7. The number of phosphoric acid groups is 1. The maximum Gasteiger partial charge on any atom is 0.472 e. The number of carbonyl (C=O) groups excluding carboxylic acids is 2. The predicted molar refractivity (Wildman–Crippen MR) is 332 cm³/mol. The maximum atomic E-state index is 13.5. The van der Waals surface area contributed by atoms with Crippen molar-refractivity contribution in [3.63, 3.8) is 0 Å². The van der Waals surface area contributed by atoms with Gasteiger partial charge in [0, 0.05) is 12.8 Å². The first kappa shape index (κ1) is 75.0. The molecule has 452 valence electrons. The summed E-state index contributed by atoms with van der Waals surface area (Å²) >= 11 is 0. The molecule has 1 amide bonds. The Morgan fingerprint density at radius 3 is 1.23 bits per heavy atom. The zero-order valence-electron chi connectivity index (χ0n) is 51.7. The van der Waals surface area contributed by atoms with Crippen LogP contribution in [0.1, 0.15) is 316 Å². The van der Waals surface area contributed by atoms with Crippen LogP contribution in [0.4, 0.5) is 0 Å². The van der Waals surface area contributed by atoms with Gasteiger partial charge in [-0.1, -0.05) is 301 Å². The van der Waals surface area contributed by atoms with Crippen molar-refractivity contribution < 1.29 is 37.3 Å². The number of nitrogens with zero attached hydrogens (tertiary/aromatic N) is 1. The average Bonchev–Trinajstić information content (AvgIpc) is 3.39. The second-order valence-corrected chi connectivity index (χ2v) is 25.1. The van der Waals surface area contributed by atoms with Gasteiger partial charge < -0.3 is 19.4 Å². The average molecular weight is 1100 g/mol. The third-order valence-electron chi connectivity index (χ3n) is 14.8. The van der Waals surface area contributed by atoms with Gasteiger partial charge in [-0.05, 0) is 51.0 Å². The van der Waals surface area contributed by atoms with Gasteiger partial charge >= 0.3 is 13.8 Å². The Labute approximate surface area is 478 Å². The number of hydrogen-bond acceptors (Lipinski definition) is 6. The summed E-state index contributed by atoms with van der Waals surface area (Å²) < 4.78 is 30.7. The molecule has 0 saturated heterocycles. The molecule has 0 aromatic carbocycles. The molecule has 0 fully saturated rings. The number of likely N-dealkylation sites (N-methyl/N-ethyl adjacent to an activating group) is 1. The number of allylic oxidation sites excluding steroid dienone is 7. The quantitative estimate of drug-likeness (QED) is 0.0156. The molecule has 0 aromatic rings. The summed E-state index contributed by atoms with van der Waals surface area (Å²) in [5, 5.41) is 3.05. The van der Waals surface area contributed by atoms with Crippen LogP contribution < -0.4 is 5.32 Å². The van der Waals surface area contributed by atoms with Gasteiger partial charge in [0.25, 0.3) is 0 Å². The molecular formula is C67H128N2O7P+. The molecule has 0 spiro atoms. The van der Waals surface area contributed by atoms with Gasteiger partial charge in [-0.2, -0.15) is 0 Å². The fraction of sp³-hybridized carbons (Fsp3) is 0.851. The van der Waals surface area contributed by atoms with E-state index < -0.39 is 20.0 Å². The lowest BCUT2D eigenvalue weighted by Gasteiger charge is -2.27. The Morgan fingerprint density at radius 1 is 0.468 bits per heavy atom. The van der Waals surface area contributed by atoms with Gasteiger partial charge in [0.15, 0.2) is 0 Å². The van der Waals surface area contributed by atoms with Crippen LogP contribution >= 0.6 is 7.82 Å². The molecule has 0 rings (SSSR count). The molecule has 0 heterocycles. The van der Waals surface area contributed by atoms with E-state index >= 15 is 0 Å². The fourth-order valence-electron chi connectivity index (χ4n) is 9.77. The van der Waals surface area contributed by atoms with Crippen LogP contribution in [0.2, 0.25) is 0 Å². The molecule has 0 aliphatic heterocycles. The molecule has 0 saturated carbocycles. The van der Waals surface area contributed by atoms with E-state index in [4.69, 9.17) is 13.8 Å². The standard InChI is InChI=1S/C67H127N2O7P/c1-7-10-13-16-19-22-25-27-29-30-31-32-33-34-35-36-37-38-40-42-45-48-51-54-57-60-67(71)76-65(58-55-52-49-46-43-24-21-18-15-12-9-3)64(63-75-77(72,73)74-62-61-69(4,5)6)68-66(70)59-56-53-50-47-44-41-39-28-26-23-20-17-14-11-8-2/h11,14,17,20,23,26,55,58,64-65H,7-10,12-13,15-16,18-19,21-22,24-25,27-54,56-57,59-63H2,1-6H3,(H-,68,70,72,73)/p+1/b14-11+,20-17+,26-23+,58-55-. The number of ether oxygens (including phenoxy) is 1. The zero-order valence-corrected chi connectivity index (χ0v) is 52.6. The van der Waals surface area contributed by atoms with Crippen molar-refractivity contribution in [2.45, 2.75) is 328 Å². The lowest BCUT2D eigenvalue weighted by atomic mass is 10.0. The van der Waals surface area contributed by atoms with Crippen LogP contribution in [-0.4, -0.2) is 74.3 Å². The highest BCUT2D eigenvalue weighted by molar-refractivity contribution is 7.47. The number of hydrogen-bond donors (Lipinski definition) is 2. The van der Waals surface area contributed by atoms with E-state index in [0.717, 1.165) is 77.0 Å². The zero-order chi connectivity index (χ0) is 56.4. The second-order valence-electron chi connectivity index (χ2n) is 23.7. The summed E-state index contributed by atoms with van der Waals surface area (Å²) in [6, 6.07) is -0.852. The lowest BCUT2D eigenvalue weighted by Crippen LogP contribution is -2.47. The van der Waals surface area contributed by atoms with Crippen LogP contribution in [0.3, 0.4) is 0 Å². The van der Waals surface area contributed by atoms with Gasteiger partial charge in [0.2, 0.25) is 5.91 Å². The molecule has 77 heavy (non-hydrogen) atoms. The van der Waals surface area contributed by atoms with E-state index in [1.807, 2.05) is 33.3 Å². The highest BCUT2D eigenvalue weighted by Crippen LogP contribution is 2.43. The van der Waals surface area contributed by atoms with Gasteiger partial charge in [-0.25, -0.2) is 4.57 Å². The van der Waals surface area contributed by atoms with Crippen molar-refractivity contribution >= 4 is 19.7 Å². The van der Waals surface area contributed by atoms with E-state index in [1.165, 1.54) is 205 Å². The second kappa shape index (κ2) is 57.2. The Bertz CT molecular complexity index is 1460. The van der Waals surface area contributed by atoms with E-state index in [1.54, 1.807) is 0 Å². The van der Waals surface area contributed by atoms with Crippen LogP contribution in [0.15, 0.2) is 48.6 Å². The van der Waals surface area contributed by atoms with Crippen LogP contribution in [0.25, 0.3) is 0 Å². The summed E-state index contributed by atoms with van der Waals surface area (Å²) in [5.41, 5.74) is 0. The van der Waals surface area contributed by atoms with Crippen molar-refractivity contribution in [1.82, 2.24) is 5.32 Å². The van der Waals surface area contributed by atoms with Crippen molar-refractivity contribution in [1.29, 1.82) is 0 Å². The normalized spacial score (nSPS) is 13.9. The summed E-state index contributed by atoms with van der Waals surface area (Å²) in [6.45, 7) is 6.90. The maximum absolute atomic E-state index is 13.5. The van der Waals surface area contributed by atoms with Gasteiger partial charge in [-0.3, -0.25) is 18.6 Å². The van der Waals surface area contributed by atoms with E-state index in [2.05, 4.69) is 62.5 Å². The predicted octanol–water partition coefficient (Wildman–Crippen LogP) is 20.5. The minimum Gasteiger partial charge on any atom is -0.456 e. The number of rotatable bonds is 60. The number of amides is 1. The number of carbonyl (C=O) groups is 2. The first-order valence-corrected chi connectivity index (χ1v) is 34.5. The van der Waals surface area contributed by atoms with Crippen molar-refractivity contribution in [2.24, 2.45) is 0 Å². The van der Waals surface area contributed by atoms with Gasteiger partial charge in [0.05, 0.1) is 33.8 Å². The van der Waals surface area contributed by atoms with Crippen molar-refractivity contribution in [2.75, 3.05) is 40.9 Å². The summed E-state index contributed by atoms with van der Waals surface area (Å²) in [6.07, 6.45) is 71.3. The number of nitrogens with one attached hydrogen (secondary N) is 1. The summed E-state index contributed by atoms with van der Waals surface area (Å²) in [7, 11) is 1.49. The van der Waals surface area contributed by atoms with Crippen molar-refractivity contribution in [3.8, 4) is 0 Å². The SMILES string of the molecule is CC/C=C/C=C/C=C/CCCCCCCCCC(=O)NC(COP(=O)(O)OCC[N+](C)(C)C)C(/C=C\CCCCCCCCCCC)OC(=O)CCCCCCCCCCCCCCCCCCCCCCCCCCC. The molecular weight excluding hydrogens is 976 g/mol. The number of esters is 1. The molecule has 0 aliphatic carbocycles. The molecule has 0 radical (unpaired) electrons. The Morgan fingerprint density at radius 2 is 0.831 bits per heavy atom. The van der Waals surface area contributed by atoms with Crippen molar-refractivity contribution in [3.05, 3.63) is 48.6 Å². The largest absolute Gasteiger partial charge is 0.472 e. The molecule has 3 atom stereocenters. The minimum absolute atomic E-state index is 0.0385. The number of unbranched alkanes of at least 4 members (excludes halogenated alkanes) is 40. The van der Waals surface area contributed by atoms with Crippen LogP contribution in [-0.2, 0) is 27.9 Å². The molecule has 3 unspecified atom stereocenters. The third-order valence-corrected chi connectivity index (χ3v) is 15.8. The first-order chi connectivity index (χ1) is 37.4. The van der Waals surface area contributed by atoms with E-state index in [-0.39, 0.29) is 25.1 Å². The Hall–Kier alpha value is -2.03. The Kier molecular flexibility index (Phi) is 55.7. The van der Waals surface area contributed by atoms with Gasteiger partial charge in [0.1, 0.15) is 19.3 Å². The molecule has 0 aromatic heterocycles. The van der Waals surface area contributed by atoms with Crippen LogP contribution in [0, 0.1) is 0 Å². The lowest BCUT2D eigenvalue weighted by molar-refractivity contribution is -0.870. The van der Waals surface area contributed by atoms with E-state index in [9.17, 15) is 19.0 Å². The first-order valence-electron chi connectivity index (χ1n) is 33.0. The molecule has 10 heteroatoms. The highest BCUT2D eigenvalue weighted by Gasteiger charge is 2.30. The number of quaternary nitrogens is 1. The minimum atomic E-state index is -4.45. The number of phosphoric ester groups is 1. The third kappa shape index (κ3) is 58.4. The monoisotopic (exact) mass is 1100 g/mol. The Balaban J connectivity index is 5.02. The molecule has 2 N–H and O–H groups in total. The molecule has 0 bridgehead atoms. The molecule has 0 aliphatic rings. The summed E-state index contributed by atoms with van der Waals surface area (Å²) in [5.74, 6) is -0.507. The smallest absolute Gasteiger partial charge is 0.456 e. The van der Waals surface area contributed by atoms with Crippen LogP contribution in [0.5, 0.6) is 0 Å². The topological polar surface area (TPSA) is 111 Å². The van der Waals surface area contributed by atoms with E-state index in [0.29, 0.717) is 23.9 Å². The molecule has 9 nitrogen and oxygen atoms in total.